The van der Waals surface area contributed by atoms with E-state index in [9.17, 15) is 4.79 Å². The first-order valence-corrected chi connectivity index (χ1v) is 7.79. The summed E-state index contributed by atoms with van der Waals surface area (Å²) in [6.45, 7) is 6.13. The molecule has 2 rings (SSSR count). The average molecular weight is 307 g/mol. The fraction of sp³-hybridized carbons (Fsp3) is 0.588. The molecule has 0 aromatic heterocycles. The van der Waals surface area contributed by atoms with Gasteiger partial charge in [0.25, 0.3) is 0 Å². The van der Waals surface area contributed by atoms with Crippen molar-refractivity contribution < 1.29 is 19.4 Å². The number of carboxylic acid groups (broad SMARTS) is 1. The van der Waals surface area contributed by atoms with Crippen molar-refractivity contribution in [3.05, 3.63) is 35.9 Å². The van der Waals surface area contributed by atoms with Crippen LogP contribution in [0.1, 0.15) is 25.8 Å². The number of nitrogens with one attached hydrogen (secondary N) is 1. The van der Waals surface area contributed by atoms with Gasteiger partial charge in [-0.2, -0.15) is 0 Å². The van der Waals surface area contributed by atoms with Gasteiger partial charge in [-0.25, -0.2) is 4.79 Å². The van der Waals surface area contributed by atoms with E-state index in [4.69, 9.17) is 14.6 Å². The first-order chi connectivity index (χ1) is 10.6. The van der Waals surface area contributed by atoms with Crippen molar-refractivity contribution in [3.63, 3.8) is 0 Å². The van der Waals surface area contributed by atoms with Gasteiger partial charge < -0.3 is 19.9 Å². The molecule has 1 fully saturated rings. The van der Waals surface area contributed by atoms with Crippen LogP contribution >= 0.6 is 0 Å². The molecule has 5 heteroatoms. The predicted octanol–water partition coefficient (Wildman–Crippen LogP) is 2.90. The summed E-state index contributed by atoms with van der Waals surface area (Å²) in [5.74, 6) is 0.720. The summed E-state index contributed by atoms with van der Waals surface area (Å²) in [5, 5.41) is 11.5. The lowest BCUT2D eigenvalue weighted by Crippen LogP contribution is -2.40. The van der Waals surface area contributed by atoms with Crippen LogP contribution in [0.2, 0.25) is 0 Å². The molecular weight excluding hydrogens is 282 g/mol. The molecule has 0 bridgehead atoms. The molecule has 122 valence electrons. The van der Waals surface area contributed by atoms with Crippen molar-refractivity contribution in [2.24, 2.45) is 11.8 Å². The summed E-state index contributed by atoms with van der Waals surface area (Å²) < 4.78 is 11.1. The minimum absolute atomic E-state index is 0.0199. The second-order valence-electron chi connectivity index (χ2n) is 6.17. The van der Waals surface area contributed by atoms with Crippen molar-refractivity contribution in [3.8, 4) is 0 Å². The van der Waals surface area contributed by atoms with Crippen molar-refractivity contribution in [1.29, 1.82) is 0 Å². The molecular formula is C17H25NO4. The van der Waals surface area contributed by atoms with Gasteiger partial charge in [-0.05, 0) is 23.8 Å². The molecule has 1 heterocycles. The maximum absolute atomic E-state index is 10.9. The Morgan fingerprint density at radius 3 is 2.64 bits per heavy atom. The Kier molecular flexibility index (Phi) is 6.21. The van der Waals surface area contributed by atoms with Crippen LogP contribution in [-0.2, 0) is 16.1 Å². The molecule has 2 N–H and O–H groups in total. The Labute approximate surface area is 131 Å². The van der Waals surface area contributed by atoms with Crippen LogP contribution in [0.25, 0.3) is 0 Å². The lowest BCUT2D eigenvalue weighted by atomic mass is 9.89. The molecule has 1 aliphatic heterocycles. The highest BCUT2D eigenvalue weighted by molar-refractivity contribution is 5.65. The van der Waals surface area contributed by atoms with Crippen LogP contribution in [0.5, 0.6) is 0 Å². The van der Waals surface area contributed by atoms with Crippen LogP contribution in [-0.4, -0.2) is 36.6 Å². The number of hydrogen-bond acceptors (Lipinski definition) is 3. The second-order valence-corrected chi connectivity index (χ2v) is 6.17. The lowest BCUT2D eigenvalue weighted by Gasteiger charge is -2.25. The van der Waals surface area contributed by atoms with E-state index in [-0.39, 0.29) is 12.1 Å². The zero-order valence-corrected chi connectivity index (χ0v) is 13.2. The maximum atomic E-state index is 10.9. The van der Waals surface area contributed by atoms with Crippen molar-refractivity contribution in [1.82, 2.24) is 5.32 Å². The third-order valence-electron chi connectivity index (χ3n) is 4.06. The Hall–Kier alpha value is -1.59. The fourth-order valence-corrected chi connectivity index (χ4v) is 2.51. The summed E-state index contributed by atoms with van der Waals surface area (Å²) in [4.78, 5) is 10.9. The summed E-state index contributed by atoms with van der Waals surface area (Å²) in [5.41, 5.74) is 1.15. The summed E-state index contributed by atoms with van der Waals surface area (Å²) in [6, 6.07) is 9.91. The molecule has 22 heavy (non-hydrogen) atoms. The largest absolute Gasteiger partial charge is 0.465 e. The SMILES string of the molecule is CC(C)[C@@H](COCc1ccccc1)C[C@H](NC(=O)O)[C@@H]1CO1. The zero-order chi connectivity index (χ0) is 15.9. The zero-order valence-electron chi connectivity index (χ0n) is 13.2. The van der Waals surface area contributed by atoms with Gasteiger partial charge in [0.05, 0.1) is 25.9 Å². The lowest BCUT2D eigenvalue weighted by molar-refractivity contribution is 0.0619. The van der Waals surface area contributed by atoms with Crippen LogP contribution in [0.4, 0.5) is 4.79 Å². The number of ether oxygens (including phenoxy) is 2. The highest BCUT2D eigenvalue weighted by Gasteiger charge is 2.36. The number of rotatable bonds is 9. The standard InChI is InChI=1S/C17H25NO4/c1-12(2)14(8-15(16-11-22-16)18-17(19)20)10-21-9-13-6-4-3-5-7-13/h3-7,12,14-16,18H,8-11H2,1-2H3,(H,19,20)/t14-,15+,16+/m1/s1. The first-order valence-electron chi connectivity index (χ1n) is 7.79. The average Bonchev–Trinajstić information content (AvgIpc) is 3.30. The van der Waals surface area contributed by atoms with Gasteiger partial charge in [-0.1, -0.05) is 44.2 Å². The van der Waals surface area contributed by atoms with Crippen molar-refractivity contribution in [2.75, 3.05) is 13.2 Å². The third kappa shape index (κ3) is 5.66. The summed E-state index contributed by atoms with van der Waals surface area (Å²) in [7, 11) is 0. The molecule has 1 aromatic carbocycles. The van der Waals surface area contributed by atoms with Crippen molar-refractivity contribution >= 4 is 6.09 Å². The monoisotopic (exact) mass is 307 g/mol. The molecule has 0 unspecified atom stereocenters. The Balaban J connectivity index is 1.82. The minimum atomic E-state index is -0.992. The predicted molar refractivity (Wildman–Crippen MR) is 83.7 cm³/mol. The van der Waals surface area contributed by atoms with Crippen LogP contribution in [0.15, 0.2) is 30.3 Å². The van der Waals surface area contributed by atoms with E-state index in [2.05, 4.69) is 19.2 Å². The fourth-order valence-electron chi connectivity index (χ4n) is 2.51. The second kappa shape index (κ2) is 8.15. The van der Waals surface area contributed by atoms with Gasteiger partial charge in [0, 0.05) is 0 Å². The molecule has 1 saturated heterocycles. The summed E-state index contributed by atoms with van der Waals surface area (Å²) >= 11 is 0. The Morgan fingerprint density at radius 2 is 2.09 bits per heavy atom. The van der Waals surface area contributed by atoms with E-state index < -0.39 is 6.09 Å². The van der Waals surface area contributed by atoms with Gasteiger partial charge in [-0.15, -0.1) is 0 Å². The van der Waals surface area contributed by atoms with Crippen molar-refractivity contribution in [2.45, 2.75) is 39.0 Å². The van der Waals surface area contributed by atoms with E-state index in [0.29, 0.717) is 31.7 Å². The minimum Gasteiger partial charge on any atom is -0.465 e. The third-order valence-corrected chi connectivity index (χ3v) is 4.06. The molecule has 5 nitrogen and oxygen atoms in total. The highest BCUT2D eigenvalue weighted by Crippen LogP contribution is 2.25. The molecule has 0 aliphatic carbocycles. The topological polar surface area (TPSA) is 71.1 Å². The quantitative estimate of drug-likeness (QED) is 0.688. The molecule has 0 spiro atoms. The van der Waals surface area contributed by atoms with Crippen LogP contribution in [0.3, 0.4) is 0 Å². The molecule has 1 aliphatic rings. The molecule has 3 atom stereocenters. The van der Waals surface area contributed by atoms with E-state index in [1.165, 1.54) is 0 Å². The summed E-state index contributed by atoms with van der Waals surface area (Å²) in [6.07, 6.45) is -0.233. The van der Waals surface area contributed by atoms with Gasteiger partial charge in [-0.3, -0.25) is 0 Å². The number of hydrogen-bond donors (Lipinski definition) is 2. The normalized spacial score (nSPS) is 19.7. The molecule has 0 radical (unpaired) electrons. The smallest absolute Gasteiger partial charge is 0.404 e. The van der Waals surface area contributed by atoms with Gasteiger partial charge in [0.15, 0.2) is 0 Å². The maximum Gasteiger partial charge on any atom is 0.404 e. The molecule has 1 amide bonds. The van der Waals surface area contributed by atoms with E-state index in [1.54, 1.807) is 0 Å². The van der Waals surface area contributed by atoms with E-state index in [1.807, 2.05) is 30.3 Å². The van der Waals surface area contributed by atoms with E-state index in [0.717, 1.165) is 12.0 Å². The first kappa shape index (κ1) is 16.8. The van der Waals surface area contributed by atoms with Crippen LogP contribution < -0.4 is 5.32 Å². The number of amides is 1. The highest BCUT2D eigenvalue weighted by atomic mass is 16.6. The number of epoxide rings is 1. The molecule has 0 saturated carbocycles. The van der Waals surface area contributed by atoms with Crippen LogP contribution in [0, 0.1) is 11.8 Å². The number of benzene rings is 1. The van der Waals surface area contributed by atoms with Gasteiger partial charge in [0.1, 0.15) is 6.10 Å². The van der Waals surface area contributed by atoms with Gasteiger partial charge >= 0.3 is 6.09 Å². The molecule has 1 aromatic rings. The Bertz CT molecular complexity index is 459. The Morgan fingerprint density at radius 1 is 1.41 bits per heavy atom. The van der Waals surface area contributed by atoms with E-state index >= 15 is 0 Å². The number of carbonyl (C=O) groups is 1. The van der Waals surface area contributed by atoms with Gasteiger partial charge in [0.2, 0.25) is 0 Å².